The third-order valence-corrected chi connectivity index (χ3v) is 4.46. The molecule has 1 fully saturated rings. The van der Waals surface area contributed by atoms with Gasteiger partial charge in [0.05, 0.1) is 19.1 Å². The minimum atomic E-state index is -1.12. The molecule has 2 rings (SSSR count). The normalized spacial score (nSPS) is 29.8. The Morgan fingerprint density at radius 1 is 1.10 bits per heavy atom. The quantitative estimate of drug-likeness (QED) is 0.553. The standard InChI is InChI=1S/C15H23NO5/c1-20-7-5-16(6-8-21-2)14(17)12-10-3-4-11(9-10)13(12)15(18)19/h3-4,10-13H,5-9H2,1-2H3,(H,18,19)/p-1/t10-,11-,12-,13+/m0/s1. The third-order valence-electron chi connectivity index (χ3n) is 4.46. The number of carboxylic acids is 1. The van der Waals surface area contributed by atoms with Gasteiger partial charge in [-0.25, -0.2) is 0 Å². The van der Waals surface area contributed by atoms with Gasteiger partial charge in [-0.05, 0) is 18.3 Å². The lowest BCUT2D eigenvalue weighted by Crippen LogP contribution is -2.48. The number of carbonyl (C=O) groups is 2. The first-order valence-electron chi connectivity index (χ1n) is 7.26. The van der Waals surface area contributed by atoms with Crippen molar-refractivity contribution < 1.29 is 24.2 Å². The summed E-state index contributed by atoms with van der Waals surface area (Å²) in [5.41, 5.74) is 0. The molecule has 0 spiro atoms. The topological polar surface area (TPSA) is 78.9 Å². The van der Waals surface area contributed by atoms with Crippen LogP contribution in [0.15, 0.2) is 12.2 Å². The van der Waals surface area contributed by atoms with Gasteiger partial charge in [-0.15, -0.1) is 0 Å². The molecule has 4 atom stereocenters. The first-order valence-corrected chi connectivity index (χ1v) is 7.26. The fourth-order valence-corrected chi connectivity index (χ4v) is 3.43. The van der Waals surface area contributed by atoms with Crippen molar-refractivity contribution >= 4 is 11.9 Å². The molecule has 2 bridgehead atoms. The molecule has 0 saturated heterocycles. The van der Waals surface area contributed by atoms with E-state index >= 15 is 0 Å². The van der Waals surface area contributed by atoms with Crippen molar-refractivity contribution in [2.24, 2.45) is 23.7 Å². The van der Waals surface area contributed by atoms with Gasteiger partial charge in [-0.2, -0.15) is 0 Å². The van der Waals surface area contributed by atoms with Crippen molar-refractivity contribution in [3.05, 3.63) is 12.2 Å². The molecule has 0 aromatic carbocycles. The van der Waals surface area contributed by atoms with Crippen LogP contribution in [0.25, 0.3) is 0 Å². The summed E-state index contributed by atoms with van der Waals surface area (Å²) < 4.78 is 10.0. The van der Waals surface area contributed by atoms with Crippen molar-refractivity contribution in [1.29, 1.82) is 0 Å². The SMILES string of the molecule is COCCN(CCOC)C(=O)[C@@H]1[C@H](C(=O)[O-])[C@H]2C=C[C@H]1C2. The Morgan fingerprint density at radius 2 is 1.62 bits per heavy atom. The number of ether oxygens (including phenoxy) is 2. The Labute approximate surface area is 124 Å². The van der Waals surface area contributed by atoms with Gasteiger partial charge in [0.1, 0.15) is 0 Å². The van der Waals surface area contributed by atoms with Gasteiger partial charge >= 0.3 is 0 Å². The van der Waals surface area contributed by atoms with Gasteiger partial charge in [0.15, 0.2) is 0 Å². The molecule has 118 valence electrons. The van der Waals surface area contributed by atoms with Crippen LogP contribution in [-0.2, 0) is 19.1 Å². The average molecular weight is 296 g/mol. The van der Waals surface area contributed by atoms with Crippen LogP contribution < -0.4 is 5.11 Å². The Balaban J connectivity index is 2.11. The van der Waals surface area contributed by atoms with E-state index in [-0.39, 0.29) is 17.7 Å². The van der Waals surface area contributed by atoms with E-state index in [1.807, 2.05) is 12.2 Å². The largest absolute Gasteiger partial charge is 0.550 e. The summed E-state index contributed by atoms with van der Waals surface area (Å²) in [6, 6.07) is 0. The molecule has 0 radical (unpaired) electrons. The maximum Gasteiger partial charge on any atom is 0.227 e. The molecule has 1 amide bonds. The summed E-state index contributed by atoms with van der Waals surface area (Å²) in [6.45, 7) is 1.72. The van der Waals surface area contributed by atoms with Gasteiger partial charge in [0.2, 0.25) is 5.91 Å². The van der Waals surface area contributed by atoms with Crippen molar-refractivity contribution in [3.63, 3.8) is 0 Å². The Kier molecular flexibility index (Phi) is 5.36. The van der Waals surface area contributed by atoms with Gasteiger partial charge in [0.25, 0.3) is 0 Å². The highest BCUT2D eigenvalue weighted by molar-refractivity contribution is 5.86. The Morgan fingerprint density at radius 3 is 2.10 bits per heavy atom. The zero-order valence-electron chi connectivity index (χ0n) is 12.5. The van der Waals surface area contributed by atoms with Gasteiger partial charge in [-0.3, -0.25) is 4.79 Å². The van der Waals surface area contributed by atoms with E-state index in [0.717, 1.165) is 6.42 Å². The van der Waals surface area contributed by atoms with E-state index < -0.39 is 17.8 Å². The summed E-state index contributed by atoms with van der Waals surface area (Å²) in [6.07, 6.45) is 4.61. The fraction of sp³-hybridized carbons (Fsp3) is 0.733. The van der Waals surface area contributed by atoms with E-state index in [1.54, 1.807) is 19.1 Å². The van der Waals surface area contributed by atoms with Gasteiger partial charge < -0.3 is 24.3 Å². The number of rotatable bonds is 8. The summed E-state index contributed by atoms with van der Waals surface area (Å²) in [7, 11) is 3.15. The zero-order chi connectivity index (χ0) is 15.4. The van der Waals surface area contributed by atoms with Crippen molar-refractivity contribution in [1.82, 2.24) is 4.90 Å². The van der Waals surface area contributed by atoms with E-state index in [2.05, 4.69) is 0 Å². The number of nitrogens with zero attached hydrogens (tertiary/aromatic N) is 1. The molecule has 0 aromatic rings. The van der Waals surface area contributed by atoms with Gasteiger partial charge in [-0.1, -0.05) is 12.2 Å². The minimum absolute atomic E-state index is 0.0120. The smallest absolute Gasteiger partial charge is 0.227 e. The molecule has 2 aliphatic carbocycles. The van der Waals surface area contributed by atoms with Crippen LogP contribution in [0, 0.1) is 23.7 Å². The summed E-state index contributed by atoms with van der Waals surface area (Å²) in [4.78, 5) is 25.8. The van der Waals surface area contributed by atoms with Crippen LogP contribution >= 0.6 is 0 Å². The molecule has 6 nitrogen and oxygen atoms in total. The molecule has 2 aliphatic rings. The summed E-state index contributed by atoms with van der Waals surface area (Å²) in [5.74, 6) is -2.53. The molecule has 1 saturated carbocycles. The van der Waals surface area contributed by atoms with E-state index in [1.165, 1.54) is 0 Å². The second kappa shape index (κ2) is 7.04. The maximum absolute atomic E-state index is 12.8. The molecule has 0 N–H and O–H groups in total. The second-order valence-electron chi connectivity index (χ2n) is 5.63. The highest BCUT2D eigenvalue weighted by Gasteiger charge is 2.49. The van der Waals surface area contributed by atoms with Crippen molar-refractivity contribution in [3.8, 4) is 0 Å². The zero-order valence-corrected chi connectivity index (χ0v) is 12.5. The van der Waals surface area contributed by atoms with Crippen LogP contribution in [0.4, 0.5) is 0 Å². The molecule has 6 heteroatoms. The van der Waals surface area contributed by atoms with Crippen LogP contribution in [0.2, 0.25) is 0 Å². The molecule has 0 unspecified atom stereocenters. The number of fused-ring (bicyclic) bond motifs is 2. The fourth-order valence-electron chi connectivity index (χ4n) is 3.43. The highest BCUT2D eigenvalue weighted by Crippen LogP contribution is 2.48. The van der Waals surface area contributed by atoms with Crippen LogP contribution in [0.5, 0.6) is 0 Å². The van der Waals surface area contributed by atoms with E-state index in [9.17, 15) is 14.7 Å². The predicted octanol–water partition coefficient (Wildman–Crippen LogP) is -0.704. The monoisotopic (exact) mass is 296 g/mol. The van der Waals surface area contributed by atoms with Crippen molar-refractivity contribution in [2.45, 2.75) is 6.42 Å². The lowest BCUT2D eigenvalue weighted by atomic mass is 9.82. The van der Waals surface area contributed by atoms with Gasteiger partial charge in [0, 0.05) is 39.2 Å². The molecule has 0 aromatic heterocycles. The number of amides is 1. The lowest BCUT2D eigenvalue weighted by molar-refractivity contribution is -0.313. The molecule has 21 heavy (non-hydrogen) atoms. The summed E-state index contributed by atoms with van der Waals surface area (Å²) >= 11 is 0. The first-order chi connectivity index (χ1) is 10.1. The highest BCUT2D eigenvalue weighted by atomic mass is 16.5. The molecular weight excluding hydrogens is 274 g/mol. The number of allylic oxidation sites excluding steroid dienone is 2. The number of hydrogen-bond donors (Lipinski definition) is 0. The minimum Gasteiger partial charge on any atom is -0.550 e. The van der Waals surface area contributed by atoms with Crippen LogP contribution in [-0.4, -0.2) is 57.3 Å². The Hall–Kier alpha value is -1.40. The first kappa shape index (κ1) is 16.0. The number of aliphatic carboxylic acids is 1. The molecule has 0 heterocycles. The average Bonchev–Trinajstić information content (AvgIpc) is 3.07. The number of carboxylic acid groups (broad SMARTS) is 1. The predicted molar refractivity (Wildman–Crippen MR) is 73.1 cm³/mol. The second-order valence-corrected chi connectivity index (χ2v) is 5.63. The molecular formula is C15H22NO5-. The summed E-state index contributed by atoms with van der Waals surface area (Å²) in [5, 5.41) is 11.4. The maximum atomic E-state index is 12.8. The third kappa shape index (κ3) is 3.27. The number of hydrogen-bond acceptors (Lipinski definition) is 5. The van der Waals surface area contributed by atoms with E-state index in [4.69, 9.17) is 9.47 Å². The number of carbonyl (C=O) groups excluding carboxylic acids is 2. The number of methoxy groups -OCH3 is 2. The van der Waals surface area contributed by atoms with Crippen molar-refractivity contribution in [2.75, 3.05) is 40.5 Å². The molecule has 0 aliphatic heterocycles. The lowest BCUT2D eigenvalue weighted by Gasteiger charge is -2.33. The Bertz CT molecular complexity index is 414. The van der Waals surface area contributed by atoms with Crippen LogP contribution in [0.3, 0.4) is 0 Å². The van der Waals surface area contributed by atoms with E-state index in [0.29, 0.717) is 26.3 Å². The van der Waals surface area contributed by atoms with Crippen LogP contribution in [0.1, 0.15) is 6.42 Å².